The normalized spacial score (nSPS) is 13.1. The van der Waals surface area contributed by atoms with Gasteiger partial charge in [-0.3, -0.25) is 14.4 Å². The first kappa shape index (κ1) is 51.3. The standard InChI is InChI=1S/C55H57ClN4O8S/c1-54(2,3)68-53(66)60-46(34-38-25-29-43(56)30-26-38)50(62)59-48(36-69-55(40-19-11-6-12-20-40,41-21-13-7-14-22-41)42-23-15-8-16-24-42)51(63)57-45(33-39-27-31-44(67-4)32-28-39)49(61)58-47(52(64)65)35-37-17-9-5-10-18-37/h5-32,45-48H,33-36H2,1-4H3,(H,57,63)(H,58,61)(H,59,62)(H,60,66)(H,64,65)/t45-,46-,47+,48+/m0/s1. The molecule has 6 aromatic rings. The molecule has 6 rings (SSSR count). The number of aliphatic carboxylic acids is 1. The van der Waals surface area contributed by atoms with Crippen molar-refractivity contribution in [1.29, 1.82) is 0 Å². The summed E-state index contributed by atoms with van der Waals surface area (Å²) in [6.07, 6.45) is -0.899. The molecule has 0 radical (unpaired) electrons. The second-order valence-electron chi connectivity index (χ2n) is 17.4. The number of alkyl carbamates (subject to hydrolysis) is 1. The number of thioether (sulfide) groups is 1. The van der Waals surface area contributed by atoms with Gasteiger partial charge in [-0.05, 0) is 78.4 Å². The molecular weight excluding hydrogens is 912 g/mol. The molecule has 69 heavy (non-hydrogen) atoms. The van der Waals surface area contributed by atoms with Gasteiger partial charge in [0.2, 0.25) is 17.7 Å². The van der Waals surface area contributed by atoms with Gasteiger partial charge in [0.1, 0.15) is 35.5 Å². The van der Waals surface area contributed by atoms with Crippen LogP contribution in [-0.2, 0) is 47.9 Å². The average molecular weight is 970 g/mol. The van der Waals surface area contributed by atoms with E-state index in [1.54, 1.807) is 93.6 Å². The molecule has 0 bridgehead atoms. The molecular formula is C55H57ClN4O8S. The SMILES string of the molecule is COc1ccc(C[C@H](NC(=O)[C@@H](CSC(c2ccccc2)(c2ccccc2)c2ccccc2)NC(=O)[C@H](Cc2ccc(Cl)cc2)NC(=O)OC(C)(C)C)C(=O)N[C@H](Cc2ccccc2)C(=O)O)cc1. The van der Waals surface area contributed by atoms with Gasteiger partial charge >= 0.3 is 12.1 Å². The van der Waals surface area contributed by atoms with E-state index in [2.05, 4.69) is 21.3 Å². The highest BCUT2D eigenvalue weighted by atomic mass is 35.5. The van der Waals surface area contributed by atoms with Crippen LogP contribution in [-0.4, -0.2) is 77.5 Å². The van der Waals surface area contributed by atoms with Gasteiger partial charge in [0, 0.05) is 30.0 Å². The highest BCUT2D eigenvalue weighted by molar-refractivity contribution is 8.00. The van der Waals surface area contributed by atoms with E-state index in [1.807, 2.05) is 97.1 Å². The summed E-state index contributed by atoms with van der Waals surface area (Å²) in [6.45, 7) is 5.11. The summed E-state index contributed by atoms with van der Waals surface area (Å²) >= 11 is 7.62. The Hall–Kier alpha value is -7.09. The summed E-state index contributed by atoms with van der Waals surface area (Å²) in [5.41, 5.74) is 3.82. The van der Waals surface area contributed by atoms with E-state index in [9.17, 15) is 24.3 Å². The van der Waals surface area contributed by atoms with Crippen LogP contribution in [0.1, 0.15) is 54.2 Å². The quantitative estimate of drug-likeness (QED) is 0.0444. The zero-order valence-corrected chi connectivity index (χ0v) is 40.5. The number of ether oxygens (including phenoxy) is 2. The molecule has 0 unspecified atom stereocenters. The lowest BCUT2D eigenvalue weighted by Crippen LogP contribution is -2.59. The number of hydrogen-bond acceptors (Lipinski definition) is 8. The molecule has 0 spiro atoms. The number of hydrogen-bond donors (Lipinski definition) is 5. The first-order chi connectivity index (χ1) is 33.1. The fraction of sp³-hybridized carbons (Fsp3) is 0.255. The van der Waals surface area contributed by atoms with Crippen LogP contribution >= 0.6 is 23.4 Å². The van der Waals surface area contributed by atoms with Crippen LogP contribution < -0.4 is 26.0 Å². The fourth-order valence-corrected chi connectivity index (χ4v) is 9.43. The van der Waals surface area contributed by atoms with Crippen LogP contribution in [0.25, 0.3) is 0 Å². The van der Waals surface area contributed by atoms with Crippen molar-refractivity contribution >= 4 is 53.1 Å². The summed E-state index contributed by atoms with van der Waals surface area (Å²) < 4.78 is 9.99. The summed E-state index contributed by atoms with van der Waals surface area (Å²) in [5.74, 6) is -2.93. The van der Waals surface area contributed by atoms with Gasteiger partial charge < -0.3 is 35.8 Å². The van der Waals surface area contributed by atoms with Crippen molar-refractivity contribution in [3.8, 4) is 5.75 Å². The molecule has 12 nitrogen and oxygen atoms in total. The number of amides is 4. The van der Waals surface area contributed by atoms with Crippen molar-refractivity contribution < 1.29 is 38.6 Å². The maximum Gasteiger partial charge on any atom is 0.408 e. The van der Waals surface area contributed by atoms with Gasteiger partial charge in [-0.25, -0.2) is 9.59 Å². The van der Waals surface area contributed by atoms with E-state index in [-0.39, 0.29) is 25.0 Å². The lowest BCUT2D eigenvalue weighted by atomic mass is 9.84. The minimum Gasteiger partial charge on any atom is -0.497 e. The molecule has 5 N–H and O–H groups in total. The van der Waals surface area contributed by atoms with Crippen LogP contribution in [0.4, 0.5) is 4.79 Å². The Morgan fingerprint density at radius 1 is 0.522 bits per heavy atom. The molecule has 0 saturated heterocycles. The van der Waals surface area contributed by atoms with E-state index in [4.69, 9.17) is 21.1 Å². The van der Waals surface area contributed by atoms with Crippen LogP contribution in [0.15, 0.2) is 170 Å². The number of carbonyl (C=O) groups is 5. The van der Waals surface area contributed by atoms with Gasteiger partial charge in [0.05, 0.1) is 11.9 Å². The Bertz CT molecular complexity index is 2520. The van der Waals surface area contributed by atoms with E-state index >= 15 is 4.79 Å². The Labute approximate surface area is 412 Å². The van der Waals surface area contributed by atoms with Crippen LogP contribution in [0, 0.1) is 0 Å². The summed E-state index contributed by atoms with van der Waals surface area (Å²) in [7, 11) is 1.53. The predicted molar refractivity (Wildman–Crippen MR) is 270 cm³/mol. The molecule has 0 heterocycles. The first-order valence-electron chi connectivity index (χ1n) is 22.5. The Morgan fingerprint density at radius 2 is 0.899 bits per heavy atom. The maximum absolute atomic E-state index is 15.2. The third-order valence-corrected chi connectivity index (χ3v) is 13.0. The smallest absolute Gasteiger partial charge is 0.408 e. The highest BCUT2D eigenvalue weighted by Crippen LogP contribution is 2.48. The summed E-state index contributed by atoms with van der Waals surface area (Å²) in [4.78, 5) is 70.3. The number of methoxy groups -OCH3 is 1. The number of nitrogens with one attached hydrogen (secondary N) is 4. The number of rotatable bonds is 21. The van der Waals surface area contributed by atoms with Crippen molar-refractivity contribution in [2.24, 2.45) is 0 Å². The molecule has 4 atom stereocenters. The molecule has 0 aliphatic heterocycles. The second kappa shape index (κ2) is 24.3. The zero-order chi connectivity index (χ0) is 49.4. The van der Waals surface area contributed by atoms with Crippen LogP contribution in [0.5, 0.6) is 5.75 Å². The van der Waals surface area contributed by atoms with Crippen molar-refractivity contribution in [2.45, 2.75) is 74.5 Å². The van der Waals surface area contributed by atoms with Gasteiger partial charge in [-0.15, -0.1) is 11.8 Å². The zero-order valence-electron chi connectivity index (χ0n) is 38.9. The molecule has 0 aliphatic carbocycles. The highest BCUT2D eigenvalue weighted by Gasteiger charge is 2.40. The third-order valence-electron chi connectivity index (χ3n) is 11.1. The molecule has 0 saturated carbocycles. The van der Waals surface area contributed by atoms with Gasteiger partial charge in [-0.1, -0.05) is 157 Å². The average Bonchev–Trinajstić information content (AvgIpc) is 3.34. The number of carboxylic acids is 1. The van der Waals surface area contributed by atoms with Crippen LogP contribution in [0.2, 0.25) is 5.02 Å². The lowest BCUT2D eigenvalue weighted by Gasteiger charge is -2.37. The van der Waals surface area contributed by atoms with Gasteiger partial charge in [0.25, 0.3) is 0 Å². The first-order valence-corrected chi connectivity index (χ1v) is 23.8. The molecule has 6 aromatic carbocycles. The van der Waals surface area contributed by atoms with E-state index in [0.29, 0.717) is 27.5 Å². The monoisotopic (exact) mass is 968 g/mol. The molecule has 358 valence electrons. The number of carbonyl (C=O) groups excluding carboxylic acids is 4. The number of benzene rings is 6. The van der Waals surface area contributed by atoms with Crippen molar-refractivity contribution in [3.05, 3.63) is 208 Å². The van der Waals surface area contributed by atoms with Crippen molar-refractivity contribution in [2.75, 3.05) is 12.9 Å². The molecule has 14 heteroatoms. The maximum atomic E-state index is 15.2. The van der Waals surface area contributed by atoms with Crippen LogP contribution in [0.3, 0.4) is 0 Å². The summed E-state index contributed by atoms with van der Waals surface area (Å²) in [5, 5.41) is 22.0. The Morgan fingerprint density at radius 3 is 1.35 bits per heavy atom. The molecule has 0 aromatic heterocycles. The fourth-order valence-electron chi connectivity index (χ4n) is 7.75. The lowest BCUT2D eigenvalue weighted by molar-refractivity contribution is -0.142. The Balaban J connectivity index is 1.41. The topological polar surface area (TPSA) is 172 Å². The Kier molecular flexibility index (Phi) is 18.0. The minimum atomic E-state index is -1.35. The molecule has 4 amide bonds. The third kappa shape index (κ3) is 14.7. The largest absolute Gasteiger partial charge is 0.497 e. The van der Waals surface area contributed by atoms with E-state index in [1.165, 1.54) is 18.9 Å². The van der Waals surface area contributed by atoms with E-state index in [0.717, 1.165) is 16.7 Å². The molecule has 0 fully saturated rings. The second-order valence-corrected chi connectivity index (χ2v) is 19.1. The molecule has 0 aliphatic rings. The summed E-state index contributed by atoms with van der Waals surface area (Å²) in [6, 6.07) is 46.9. The number of halogens is 1. The minimum absolute atomic E-state index is 0.00615. The number of carboxylic acid groups (broad SMARTS) is 1. The predicted octanol–water partition coefficient (Wildman–Crippen LogP) is 8.53. The van der Waals surface area contributed by atoms with E-state index < -0.39 is 64.3 Å². The van der Waals surface area contributed by atoms with Gasteiger partial charge in [-0.2, -0.15) is 0 Å². The van der Waals surface area contributed by atoms with Crippen molar-refractivity contribution in [1.82, 2.24) is 21.3 Å². The van der Waals surface area contributed by atoms with Gasteiger partial charge in [0.15, 0.2) is 0 Å². The van der Waals surface area contributed by atoms with Crippen molar-refractivity contribution in [3.63, 3.8) is 0 Å².